The third kappa shape index (κ3) is 2.46. The Bertz CT molecular complexity index is 504. The summed E-state index contributed by atoms with van der Waals surface area (Å²) in [4.78, 5) is 30.9. The summed E-state index contributed by atoms with van der Waals surface area (Å²) in [5, 5.41) is 0.00279. The number of carbonyl (C=O) groups excluding carboxylic acids is 1. The van der Waals surface area contributed by atoms with Gasteiger partial charge < -0.3 is 19.4 Å². The van der Waals surface area contributed by atoms with Crippen molar-refractivity contribution in [3.8, 4) is 0 Å². The van der Waals surface area contributed by atoms with Crippen LogP contribution in [0.4, 0.5) is 5.82 Å². The van der Waals surface area contributed by atoms with Gasteiger partial charge >= 0.3 is 5.97 Å². The Balaban J connectivity index is 2.21. The molecule has 0 aromatic carbocycles. The summed E-state index contributed by atoms with van der Waals surface area (Å²) in [5.74, 6) is -0.113. The van der Waals surface area contributed by atoms with E-state index in [1.807, 2.05) is 0 Å². The molecule has 0 aliphatic carbocycles. The molecule has 1 saturated heterocycles. The minimum absolute atomic E-state index is 0.00279. The van der Waals surface area contributed by atoms with Crippen molar-refractivity contribution in [2.24, 2.45) is 0 Å². The zero-order valence-corrected chi connectivity index (χ0v) is 10.4. The molecule has 98 valence electrons. The number of H-pyrrole nitrogens is 1. The summed E-state index contributed by atoms with van der Waals surface area (Å²) in [5.41, 5.74) is -0.414. The van der Waals surface area contributed by atoms with Crippen molar-refractivity contribution < 1.29 is 14.3 Å². The van der Waals surface area contributed by atoms with Crippen LogP contribution in [0.3, 0.4) is 0 Å². The highest BCUT2D eigenvalue weighted by Gasteiger charge is 2.29. The van der Waals surface area contributed by atoms with E-state index in [9.17, 15) is 9.59 Å². The number of aromatic nitrogens is 2. The van der Waals surface area contributed by atoms with E-state index in [1.54, 1.807) is 4.90 Å². The first-order valence-electron chi connectivity index (χ1n) is 5.31. The molecule has 1 aromatic rings. The average molecular weight is 274 g/mol. The third-order valence-corrected chi connectivity index (χ3v) is 2.95. The second-order valence-corrected chi connectivity index (χ2v) is 4.08. The third-order valence-electron chi connectivity index (χ3n) is 2.61. The summed E-state index contributed by atoms with van der Waals surface area (Å²) < 4.78 is 9.90. The first kappa shape index (κ1) is 12.8. The number of nitrogens with zero attached hydrogens (tertiary/aromatic N) is 2. The van der Waals surface area contributed by atoms with Crippen molar-refractivity contribution in [1.29, 1.82) is 0 Å². The number of halogens is 1. The van der Waals surface area contributed by atoms with Gasteiger partial charge in [-0.3, -0.25) is 4.79 Å². The Hall–Kier alpha value is -1.60. The molecule has 0 spiro atoms. The molecule has 0 radical (unpaired) electrons. The molecule has 1 aliphatic rings. The van der Waals surface area contributed by atoms with Crippen LogP contribution in [-0.2, 0) is 14.3 Å². The van der Waals surface area contributed by atoms with Gasteiger partial charge in [-0.05, 0) is 0 Å². The zero-order valence-electron chi connectivity index (χ0n) is 9.68. The van der Waals surface area contributed by atoms with Crippen molar-refractivity contribution in [3.63, 3.8) is 0 Å². The van der Waals surface area contributed by atoms with Crippen LogP contribution in [0.5, 0.6) is 0 Å². The summed E-state index contributed by atoms with van der Waals surface area (Å²) >= 11 is 5.88. The number of anilines is 1. The Kier molecular flexibility index (Phi) is 3.83. The van der Waals surface area contributed by atoms with Crippen LogP contribution >= 0.6 is 11.6 Å². The number of hydrogen-bond donors (Lipinski definition) is 1. The number of nitrogens with one attached hydrogen (secondary N) is 1. The van der Waals surface area contributed by atoms with Gasteiger partial charge in [-0.25, -0.2) is 9.78 Å². The molecule has 0 bridgehead atoms. The number of hydrogen-bond acceptors (Lipinski definition) is 6. The van der Waals surface area contributed by atoms with E-state index in [0.29, 0.717) is 19.0 Å². The van der Waals surface area contributed by atoms with E-state index in [1.165, 1.54) is 13.4 Å². The van der Waals surface area contributed by atoms with Crippen molar-refractivity contribution in [3.05, 3.63) is 21.7 Å². The van der Waals surface area contributed by atoms with E-state index in [-0.39, 0.29) is 11.6 Å². The normalized spacial score (nSPS) is 19.7. The minimum Gasteiger partial charge on any atom is -0.467 e. The van der Waals surface area contributed by atoms with Gasteiger partial charge in [0.15, 0.2) is 11.9 Å². The number of rotatable bonds is 2. The molecule has 1 aromatic heterocycles. The lowest BCUT2D eigenvalue weighted by Crippen LogP contribution is -2.47. The van der Waals surface area contributed by atoms with Crippen LogP contribution in [0, 0.1) is 0 Å². The standard InChI is InChI=1S/C10H12ClN3O4/c1-17-10(16)6-4-14(2-3-18-6)8-7(11)9(15)13-5-12-8/h5-6H,2-4H2,1H3,(H,12,13,15). The predicted octanol–water partition coefficient (Wildman–Crippen LogP) is -0.199. The van der Waals surface area contributed by atoms with Gasteiger partial charge in [-0.1, -0.05) is 11.6 Å². The largest absolute Gasteiger partial charge is 0.467 e. The maximum absolute atomic E-state index is 11.4. The topological polar surface area (TPSA) is 84.5 Å². The van der Waals surface area contributed by atoms with Gasteiger partial charge in [0.2, 0.25) is 0 Å². The van der Waals surface area contributed by atoms with Crippen LogP contribution in [0.2, 0.25) is 5.02 Å². The smallest absolute Gasteiger partial charge is 0.336 e. The van der Waals surface area contributed by atoms with Crippen LogP contribution in [0.1, 0.15) is 0 Å². The number of aromatic amines is 1. The average Bonchev–Trinajstić information content (AvgIpc) is 2.41. The summed E-state index contributed by atoms with van der Waals surface area (Å²) in [6, 6.07) is 0. The lowest BCUT2D eigenvalue weighted by Gasteiger charge is -2.32. The fourth-order valence-corrected chi connectivity index (χ4v) is 1.93. The zero-order chi connectivity index (χ0) is 13.1. The van der Waals surface area contributed by atoms with Gasteiger partial charge in [0.1, 0.15) is 5.02 Å². The number of methoxy groups -OCH3 is 1. The molecular formula is C10H12ClN3O4. The van der Waals surface area contributed by atoms with E-state index < -0.39 is 17.6 Å². The molecule has 7 nitrogen and oxygen atoms in total. The minimum atomic E-state index is -0.694. The van der Waals surface area contributed by atoms with Gasteiger partial charge in [-0.15, -0.1) is 0 Å². The van der Waals surface area contributed by atoms with Crippen molar-refractivity contribution >= 4 is 23.4 Å². The highest BCUT2D eigenvalue weighted by Crippen LogP contribution is 2.21. The van der Waals surface area contributed by atoms with Crippen LogP contribution in [0.15, 0.2) is 11.1 Å². The predicted molar refractivity (Wildman–Crippen MR) is 63.8 cm³/mol. The lowest BCUT2D eigenvalue weighted by molar-refractivity contribution is -0.154. The van der Waals surface area contributed by atoms with E-state index in [0.717, 1.165) is 0 Å². The molecule has 1 aliphatic heterocycles. The first-order valence-corrected chi connectivity index (χ1v) is 5.69. The molecule has 18 heavy (non-hydrogen) atoms. The Morgan fingerprint density at radius 1 is 1.72 bits per heavy atom. The summed E-state index contributed by atoms with van der Waals surface area (Å²) in [7, 11) is 1.29. The number of ether oxygens (including phenoxy) is 2. The Morgan fingerprint density at radius 3 is 3.22 bits per heavy atom. The second kappa shape index (κ2) is 5.36. The summed E-state index contributed by atoms with van der Waals surface area (Å²) in [6.07, 6.45) is 0.576. The number of esters is 1. The molecule has 0 saturated carbocycles. The lowest BCUT2D eigenvalue weighted by atomic mass is 10.2. The van der Waals surface area contributed by atoms with Crippen LogP contribution in [-0.4, -0.2) is 48.8 Å². The Labute approximate surface area is 108 Å². The number of morpholine rings is 1. The Morgan fingerprint density at radius 2 is 2.50 bits per heavy atom. The molecule has 0 amide bonds. The molecule has 1 atom stereocenters. The molecule has 1 fully saturated rings. The molecule has 2 rings (SSSR count). The van der Waals surface area contributed by atoms with E-state index >= 15 is 0 Å². The fourth-order valence-electron chi connectivity index (χ4n) is 1.71. The SMILES string of the molecule is COC(=O)C1CN(c2nc[nH]c(=O)c2Cl)CCO1. The van der Waals surface area contributed by atoms with Crippen LogP contribution < -0.4 is 10.5 Å². The molecule has 1 unspecified atom stereocenters. The van der Waals surface area contributed by atoms with E-state index in [4.69, 9.17) is 16.3 Å². The summed E-state index contributed by atoms with van der Waals surface area (Å²) in [6.45, 7) is 1.09. The maximum Gasteiger partial charge on any atom is 0.336 e. The van der Waals surface area contributed by atoms with Crippen molar-refractivity contribution in [2.45, 2.75) is 6.10 Å². The number of carbonyl (C=O) groups is 1. The fraction of sp³-hybridized carbons (Fsp3) is 0.500. The molecular weight excluding hydrogens is 262 g/mol. The van der Waals surface area contributed by atoms with E-state index in [2.05, 4.69) is 14.7 Å². The monoisotopic (exact) mass is 273 g/mol. The highest BCUT2D eigenvalue weighted by atomic mass is 35.5. The first-order chi connectivity index (χ1) is 8.63. The van der Waals surface area contributed by atoms with Gasteiger partial charge in [0.05, 0.1) is 26.6 Å². The highest BCUT2D eigenvalue weighted by molar-refractivity contribution is 6.32. The van der Waals surface area contributed by atoms with Crippen LogP contribution in [0.25, 0.3) is 0 Å². The second-order valence-electron chi connectivity index (χ2n) is 3.70. The molecule has 1 N–H and O–H groups in total. The maximum atomic E-state index is 11.4. The van der Waals surface area contributed by atoms with Crippen molar-refractivity contribution in [1.82, 2.24) is 9.97 Å². The molecule has 2 heterocycles. The molecule has 8 heteroatoms. The van der Waals surface area contributed by atoms with Gasteiger partial charge in [0.25, 0.3) is 5.56 Å². The van der Waals surface area contributed by atoms with Crippen molar-refractivity contribution in [2.75, 3.05) is 31.7 Å². The van der Waals surface area contributed by atoms with Gasteiger partial charge in [0, 0.05) is 6.54 Å². The quantitative estimate of drug-likeness (QED) is 0.752. The van der Waals surface area contributed by atoms with Gasteiger partial charge in [-0.2, -0.15) is 0 Å².